The highest BCUT2D eigenvalue weighted by atomic mass is 35.5. The Balaban J connectivity index is 1.68. The summed E-state index contributed by atoms with van der Waals surface area (Å²) in [6.45, 7) is 6.63. The molecule has 0 saturated heterocycles. The standard InChI is InChI=1S/C23H22ClN3O2S/c1-3-12-27-22(29)18-11-10-17(24)14-19(18)25-23(27)30-15(2)21(28)26-13-6-8-16-7-4-5-9-20(16)26/h3-5,7,9-11,14-15H,1,6,8,12-13H2,2H3/t15-/m1/s1. The maximum absolute atomic E-state index is 13.3. The van der Waals surface area contributed by atoms with Gasteiger partial charge in [0, 0.05) is 23.8 Å². The highest BCUT2D eigenvalue weighted by molar-refractivity contribution is 8.00. The Morgan fingerprint density at radius 3 is 2.93 bits per heavy atom. The molecule has 1 atom stereocenters. The highest BCUT2D eigenvalue weighted by Gasteiger charge is 2.28. The molecule has 0 N–H and O–H groups in total. The van der Waals surface area contributed by atoms with Crippen LogP contribution in [0.3, 0.4) is 0 Å². The number of rotatable bonds is 5. The largest absolute Gasteiger partial charge is 0.311 e. The van der Waals surface area contributed by atoms with E-state index in [1.54, 1.807) is 28.8 Å². The maximum Gasteiger partial charge on any atom is 0.262 e. The number of halogens is 1. The maximum atomic E-state index is 13.3. The van der Waals surface area contributed by atoms with Crippen LogP contribution >= 0.6 is 23.4 Å². The van der Waals surface area contributed by atoms with Crippen molar-refractivity contribution < 1.29 is 4.79 Å². The van der Waals surface area contributed by atoms with Crippen molar-refractivity contribution in [1.29, 1.82) is 0 Å². The van der Waals surface area contributed by atoms with Gasteiger partial charge in [-0.1, -0.05) is 47.6 Å². The molecular formula is C23H22ClN3O2S. The number of fused-ring (bicyclic) bond motifs is 2. The smallest absolute Gasteiger partial charge is 0.262 e. The zero-order chi connectivity index (χ0) is 21.3. The minimum Gasteiger partial charge on any atom is -0.311 e. The number of para-hydroxylation sites is 1. The van der Waals surface area contributed by atoms with Crippen molar-refractivity contribution in [1.82, 2.24) is 9.55 Å². The molecule has 154 valence electrons. The summed E-state index contributed by atoms with van der Waals surface area (Å²) in [4.78, 5) is 32.8. The monoisotopic (exact) mass is 439 g/mol. The van der Waals surface area contributed by atoms with Gasteiger partial charge in [0.1, 0.15) is 0 Å². The number of nitrogens with zero attached hydrogens (tertiary/aromatic N) is 3. The molecule has 7 heteroatoms. The SMILES string of the molecule is C=CCn1c(S[C@H](C)C(=O)N2CCCc3ccccc32)nc2cc(Cl)ccc2c1=O. The molecule has 0 spiro atoms. The van der Waals surface area contributed by atoms with E-state index >= 15 is 0 Å². The second-order valence-corrected chi connectivity index (χ2v) is 8.99. The van der Waals surface area contributed by atoms with Crippen LogP contribution in [0.5, 0.6) is 0 Å². The summed E-state index contributed by atoms with van der Waals surface area (Å²) in [6, 6.07) is 13.1. The Morgan fingerprint density at radius 1 is 1.33 bits per heavy atom. The van der Waals surface area contributed by atoms with Crippen molar-refractivity contribution in [2.45, 2.75) is 36.7 Å². The number of hydrogen-bond donors (Lipinski definition) is 0. The summed E-state index contributed by atoms with van der Waals surface area (Å²) in [5.41, 5.74) is 2.53. The van der Waals surface area contributed by atoms with Crippen molar-refractivity contribution in [2.75, 3.05) is 11.4 Å². The minimum atomic E-state index is -0.407. The molecule has 0 unspecified atom stereocenters. The van der Waals surface area contributed by atoms with Crippen LogP contribution in [0.2, 0.25) is 5.02 Å². The van der Waals surface area contributed by atoms with Gasteiger partial charge in [0.05, 0.1) is 16.2 Å². The van der Waals surface area contributed by atoms with E-state index in [0.29, 0.717) is 34.2 Å². The number of aromatic nitrogens is 2. The predicted octanol–water partition coefficient (Wildman–Crippen LogP) is 4.70. The summed E-state index contributed by atoms with van der Waals surface area (Å²) in [6.07, 6.45) is 3.57. The van der Waals surface area contributed by atoms with E-state index in [0.717, 1.165) is 18.5 Å². The summed E-state index contributed by atoms with van der Waals surface area (Å²) in [7, 11) is 0. The third-order valence-electron chi connectivity index (χ3n) is 5.20. The lowest BCUT2D eigenvalue weighted by atomic mass is 10.0. The number of anilines is 1. The van der Waals surface area contributed by atoms with Gasteiger partial charge in [-0.25, -0.2) is 4.98 Å². The number of aryl methyl sites for hydroxylation is 1. The van der Waals surface area contributed by atoms with Gasteiger partial charge in [-0.05, 0) is 49.6 Å². The van der Waals surface area contributed by atoms with E-state index < -0.39 is 5.25 Å². The van der Waals surface area contributed by atoms with Crippen LogP contribution in [0, 0.1) is 0 Å². The van der Waals surface area contributed by atoms with E-state index in [9.17, 15) is 9.59 Å². The number of allylic oxidation sites excluding steroid dienone is 1. The lowest BCUT2D eigenvalue weighted by molar-refractivity contribution is -0.117. The fourth-order valence-electron chi connectivity index (χ4n) is 3.74. The summed E-state index contributed by atoms with van der Waals surface area (Å²) >= 11 is 7.39. The van der Waals surface area contributed by atoms with Gasteiger partial charge in [0.25, 0.3) is 5.56 Å². The fourth-order valence-corrected chi connectivity index (χ4v) is 4.89. The molecule has 5 nitrogen and oxygen atoms in total. The van der Waals surface area contributed by atoms with Crippen molar-refractivity contribution in [3.8, 4) is 0 Å². The molecule has 1 aliphatic rings. The number of carbonyl (C=O) groups excluding carboxylic acids is 1. The van der Waals surface area contributed by atoms with Gasteiger partial charge in [-0.2, -0.15) is 0 Å². The van der Waals surface area contributed by atoms with Crippen molar-refractivity contribution in [3.63, 3.8) is 0 Å². The molecule has 1 aromatic heterocycles. The average Bonchev–Trinajstić information content (AvgIpc) is 2.75. The van der Waals surface area contributed by atoms with Crippen LogP contribution in [0.15, 0.2) is 65.1 Å². The molecule has 3 aromatic rings. The number of carbonyl (C=O) groups is 1. The van der Waals surface area contributed by atoms with Crippen LogP contribution in [0.25, 0.3) is 10.9 Å². The molecule has 0 radical (unpaired) electrons. The first kappa shape index (κ1) is 20.7. The number of hydrogen-bond acceptors (Lipinski definition) is 4. The molecule has 2 heterocycles. The zero-order valence-corrected chi connectivity index (χ0v) is 18.2. The molecular weight excluding hydrogens is 418 g/mol. The number of benzene rings is 2. The first-order valence-corrected chi connectivity index (χ1v) is 11.1. The fraction of sp³-hybridized carbons (Fsp3) is 0.261. The normalized spacial score (nSPS) is 14.4. The Kier molecular flexibility index (Phi) is 5.97. The molecule has 4 rings (SSSR count). The van der Waals surface area contributed by atoms with E-state index in [1.165, 1.54) is 17.3 Å². The van der Waals surface area contributed by atoms with E-state index in [2.05, 4.69) is 17.6 Å². The second kappa shape index (κ2) is 8.66. The van der Waals surface area contributed by atoms with Crippen LogP contribution in [-0.4, -0.2) is 27.3 Å². The molecule has 2 aromatic carbocycles. The minimum absolute atomic E-state index is 0.0118. The summed E-state index contributed by atoms with van der Waals surface area (Å²) in [5, 5.41) is 1.09. The van der Waals surface area contributed by atoms with Crippen LogP contribution < -0.4 is 10.5 Å². The highest BCUT2D eigenvalue weighted by Crippen LogP contribution is 2.31. The summed E-state index contributed by atoms with van der Waals surface area (Å²) < 4.78 is 1.56. The lowest BCUT2D eigenvalue weighted by Crippen LogP contribution is -2.40. The van der Waals surface area contributed by atoms with Crippen LogP contribution in [-0.2, 0) is 17.8 Å². The van der Waals surface area contributed by atoms with Crippen LogP contribution in [0.1, 0.15) is 18.9 Å². The first-order chi connectivity index (χ1) is 14.5. The van der Waals surface area contributed by atoms with Gasteiger partial charge in [-0.15, -0.1) is 6.58 Å². The Labute approximate surface area is 184 Å². The third kappa shape index (κ3) is 3.89. The Morgan fingerprint density at radius 2 is 2.13 bits per heavy atom. The van der Waals surface area contributed by atoms with Crippen molar-refractivity contribution in [2.24, 2.45) is 0 Å². The molecule has 0 saturated carbocycles. The Bertz CT molecular complexity index is 1190. The number of amides is 1. The molecule has 1 aliphatic heterocycles. The third-order valence-corrected chi connectivity index (χ3v) is 6.51. The first-order valence-electron chi connectivity index (χ1n) is 9.86. The van der Waals surface area contributed by atoms with Gasteiger partial charge < -0.3 is 4.90 Å². The van der Waals surface area contributed by atoms with Crippen molar-refractivity contribution >= 4 is 45.9 Å². The molecule has 0 fully saturated rings. The molecule has 0 aliphatic carbocycles. The van der Waals surface area contributed by atoms with Gasteiger partial charge >= 0.3 is 0 Å². The van der Waals surface area contributed by atoms with E-state index in [-0.39, 0.29) is 11.5 Å². The predicted molar refractivity (Wildman–Crippen MR) is 124 cm³/mol. The average molecular weight is 440 g/mol. The van der Waals surface area contributed by atoms with E-state index in [4.69, 9.17) is 11.6 Å². The van der Waals surface area contributed by atoms with Crippen molar-refractivity contribution in [3.05, 3.63) is 76.1 Å². The van der Waals surface area contributed by atoms with Gasteiger partial charge in [-0.3, -0.25) is 14.2 Å². The quantitative estimate of drug-likeness (QED) is 0.328. The number of thioether (sulfide) groups is 1. The lowest BCUT2D eigenvalue weighted by Gasteiger charge is -2.31. The molecule has 1 amide bonds. The van der Waals surface area contributed by atoms with Crippen LogP contribution in [0.4, 0.5) is 5.69 Å². The zero-order valence-electron chi connectivity index (χ0n) is 16.7. The second-order valence-electron chi connectivity index (χ2n) is 7.24. The van der Waals surface area contributed by atoms with Gasteiger partial charge in [0.2, 0.25) is 5.91 Å². The summed E-state index contributed by atoms with van der Waals surface area (Å²) in [5.74, 6) is 0.0118. The Hall–Kier alpha value is -2.57. The molecule has 0 bridgehead atoms. The van der Waals surface area contributed by atoms with Gasteiger partial charge in [0.15, 0.2) is 5.16 Å². The van der Waals surface area contributed by atoms with E-state index in [1.807, 2.05) is 30.0 Å². The topological polar surface area (TPSA) is 55.2 Å². The molecule has 30 heavy (non-hydrogen) atoms.